The van der Waals surface area contributed by atoms with Crippen molar-refractivity contribution in [3.05, 3.63) is 72.3 Å². The number of hydrogen-bond donors (Lipinski definition) is 1. The minimum atomic E-state index is -0.553. The molecule has 3 aromatic carbocycles. The summed E-state index contributed by atoms with van der Waals surface area (Å²) in [5.41, 5.74) is 1.15. The van der Waals surface area contributed by atoms with Crippen LogP contribution in [0, 0.1) is 0 Å². The van der Waals surface area contributed by atoms with Gasteiger partial charge in [-0.25, -0.2) is 9.59 Å². The first-order chi connectivity index (χ1) is 16.5. The zero-order valence-electron chi connectivity index (χ0n) is 19.0. The van der Waals surface area contributed by atoms with Crippen LogP contribution in [0.2, 0.25) is 0 Å². The second kappa shape index (κ2) is 9.23. The molecule has 0 atom stereocenters. The number of hydrogen-bond acceptors (Lipinski definition) is 6. The zero-order valence-corrected chi connectivity index (χ0v) is 19.0. The highest BCUT2D eigenvalue weighted by Gasteiger charge is 2.47. The van der Waals surface area contributed by atoms with Crippen molar-refractivity contribution in [3.8, 4) is 5.75 Å². The van der Waals surface area contributed by atoms with Crippen LogP contribution in [-0.2, 0) is 16.1 Å². The number of anilines is 1. The van der Waals surface area contributed by atoms with E-state index in [2.05, 4.69) is 35.6 Å². The largest absolute Gasteiger partial charge is 0.497 e. The first kappa shape index (κ1) is 22.0. The van der Waals surface area contributed by atoms with Gasteiger partial charge in [-0.15, -0.1) is 5.06 Å². The number of nitrogens with one attached hydrogen (secondary N) is 1. The predicted octanol–water partition coefficient (Wildman–Crippen LogP) is 4.80. The van der Waals surface area contributed by atoms with Crippen molar-refractivity contribution in [1.82, 2.24) is 9.96 Å². The molecule has 0 unspecified atom stereocenters. The fraction of sp³-hybridized carbons (Fsp3) is 0.308. The van der Waals surface area contributed by atoms with Gasteiger partial charge in [-0.05, 0) is 46.7 Å². The molecule has 2 aliphatic rings. The molecule has 34 heavy (non-hydrogen) atoms. The number of carbonyl (C=O) groups excluding carboxylic acids is 2. The van der Waals surface area contributed by atoms with Crippen LogP contribution in [0.4, 0.5) is 15.3 Å². The highest BCUT2D eigenvalue weighted by molar-refractivity contribution is 5.84. The summed E-state index contributed by atoms with van der Waals surface area (Å²) < 4.78 is 10.9. The molecule has 2 amide bonds. The summed E-state index contributed by atoms with van der Waals surface area (Å²) in [7, 11) is 1.59. The quantitative estimate of drug-likeness (QED) is 0.588. The molecule has 0 aromatic heterocycles. The van der Waals surface area contributed by atoms with Gasteiger partial charge in [-0.3, -0.25) is 10.2 Å². The van der Waals surface area contributed by atoms with Crippen molar-refractivity contribution in [2.24, 2.45) is 0 Å². The van der Waals surface area contributed by atoms with E-state index >= 15 is 0 Å². The number of nitrogens with zero attached hydrogens (tertiary/aromatic N) is 2. The number of benzene rings is 3. The number of rotatable bonds is 5. The van der Waals surface area contributed by atoms with Gasteiger partial charge in [0.2, 0.25) is 0 Å². The summed E-state index contributed by atoms with van der Waals surface area (Å²) in [4.78, 5) is 32.1. The molecule has 3 aromatic rings. The lowest BCUT2D eigenvalue weighted by Gasteiger charge is -2.36. The monoisotopic (exact) mass is 461 g/mol. The van der Waals surface area contributed by atoms with E-state index in [1.54, 1.807) is 41.3 Å². The molecule has 0 radical (unpaired) electrons. The van der Waals surface area contributed by atoms with Crippen LogP contribution >= 0.6 is 0 Å². The maximum Gasteiger partial charge on any atom is 0.430 e. The van der Waals surface area contributed by atoms with E-state index in [1.807, 2.05) is 12.1 Å². The molecule has 5 rings (SSSR count). The van der Waals surface area contributed by atoms with Crippen molar-refractivity contribution >= 4 is 28.6 Å². The maximum atomic E-state index is 12.6. The lowest BCUT2D eigenvalue weighted by Crippen LogP contribution is -2.47. The molecule has 2 fully saturated rings. The van der Waals surface area contributed by atoms with Crippen LogP contribution in [0.1, 0.15) is 18.4 Å². The van der Waals surface area contributed by atoms with Crippen LogP contribution in [0.5, 0.6) is 5.75 Å². The van der Waals surface area contributed by atoms with Crippen molar-refractivity contribution in [3.63, 3.8) is 0 Å². The lowest BCUT2D eigenvalue weighted by atomic mass is 9.92. The number of amides is 2. The molecular formula is C26H27N3O5. The molecule has 0 saturated carbocycles. The van der Waals surface area contributed by atoms with Crippen LogP contribution in [0.25, 0.3) is 10.8 Å². The van der Waals surface area contributed by atoms with E-state index in [9.17, 15) is 9.59 Å². The predicted molar refractivity (Wildman–Crippen MR) is 127 cm³/mol. The normalized spacial score (nSPS) is 17.6. The molecular weight excluding hydrogens is 434 g/mol. The minimum absolute atomic E-state index is 0.292. The number of hydroxylamine groups is 2. The molecule has 176 valence electrons. The Morgan fingerprint density at radius 1 is 1.03 bits per heavy atom. The van der Waals surface area contributed by atoms with Crippen LogP contribution in [0.15, 0.2) is 66.7 Å². The second-order valence-corrected chi connectivity index (χ2v) is 8.75. The third-order valence-corrected chi connectivity index (χ3v) is 6.41. The Kier molecular flexibility index (Phi) is 5.98. The van der Waals surface area contributed by atoms with Crippen molar-refractivity contribution in [1.29, 1.82) is 0 Å². The summed E-state index contributed by atoms with van der Waals surface area (Å²) in [6.07, 6.45) is 0.355. The van der Waals surface area contributed by atoms with Gasteiger partial charge in [0.15, 0.2) is 0 Å². The summed E-state index contributed by atoms with van der Waals surface area (Å²) >= 11 is 0. The Labute approximate surface area is 197 Å². The number of carbonyl (C=O) groups is 2. The summed E-state index contributed by atoms with van der Waals surface area (Å²) in [5.74, 6) is 0.709. The summed E-state index contributed by atoms with van der Waals surface area (Å²) in [5, 5.41) is 6.65. The molecule has 8 nitrogen and oxygen atoms in total. The first-order valence-electron chi connectivity index (χ1n) is 11.4. The summed E-state index contributed by atoms with van der Waals surface area (Å²) in [6, 6.07) is 21.4. The van der Waals surface area contributed by atoms with E-state index in [-0.39, 0.29) is 6.09 Å². The maximum absolute atomic E-state index is 12.6. The number of fused-ring (bicyclic) bond motifs is 1. The highest BCUT2D eigenvalue weighted by Crippen LogP contribution is 2.34. The van der Waals surface area contributed by atoms with Crippen molar-refractivity contribution < 1.29 is 23.9 Å². The summed E-state index contributed by atoms with van der Waals surface area (Å²) in [6.45, 7) is 2.03. The molecule has 0 aliphatic carbocycles. The van der Waals surface area contributed by atoms with Crippen molar-refractivity contribution in [2.45, 2.75) is 25.0 Å². The minimum Gasteiger partial charge on any atom is -0.497 e. The Bertz CT molecular complexity index is 1190. The van der Waals surface area contributed by atoms with E-state index in [4.69, 9.17) is 14.3 Å². The van der Waals surface area contributed by atoms with Gasteiger partial charge in [0.05, 0.1) is 13.7 Å². The highest BCUT2D eigenvalue weighted by atomic mass is 16.7. The lowest BCUT2D eigenvalue weighted by molar-refractivity contribution is -0.138. The van der Waals surface area contributed by atoms with E-state index in [0.717, 1.165) is 10.9 Å². The van der Waals surface area contributed by atoms with Crippen molar-refractivity contribution in [2.75, 3.05) is 32.1 Å². The number of methoxy groups -OCH3 is 1. The van der Waals surface area contributed by atoms with Crippen LogP contribution in [0.3, 0.4) is 0 Å². The molecule has 8 heteroatoms. The Morgan fingerprint density at radius 3 is 2.50 bits per heavy atom. The van der Waals surface area contributed by atoms with Crippen LogP contribution in [-0.4, -0.2) is 54.5 Å². The van der Waals surface area contributed by atoms with Gasteiger partial charge < -0.3 is 14.3 Å². The Balaban J connectivity index is 1.13. The topological polar surface area (TPSA) is 80.3 Å². The SMILES string of the molecule is COc1ccc(NC(=O)ON2CCC3(CC2)CN(Cc2ccc4ccccc4c2)C(=O)O3)cc1. The molecule has 1 N–H and O–H groups in total. The van der Waals surface area contributed by atoms with Gasteiger partial charge in [0, 0.05) is 38.2 Å². The fourth-order valence-corrected chi connectivity index (χ4v) is 4.55. The second-order valence-electron chi connectivity index (χ2n) is 8.75. The molecule has 2 saturated heterocycles. The van der Waals surface area contributed by atoms with Gasteiger partial charge in [0.25, 0.3) is 0 Å². The Hall–Kier alpha value is -3.78. The fourth-order valence-electron chi connectivity index (χ4n) is 4.55. The smallest absolute Gasteiger partial charge is 0.430 e. The van der Waals surface area contributed by atoms with Crippen LogP contribution < -0.4 is 10.1 Å². The zero-order chi connectivity index (χ0) is 23.5. The number of piperidine rings is 1. The molecule has 0 bridgehead atoms. The average Bonchev–Trinajstić information content (AvgIpc) is 3.15. The third-order valence-electron chi connectivity index (χ3n) is 6.41. The first-order valence-corrected chi connectivity index (χ1v) is 11.4. The van der Waals surface area contributed by atoms with E-state index in [0.29, 0.717) is 50.5 Å². The average molecular weight is 462 g/mol. The molecule has 2 aliphatic heterocycles. The molecule has 1 spiro atoms. The Morgan fingerprint density at radius 2 is 1.76 bits per heavy atom. The standard InChI is InChI=1S/C26H27N3O5/c1-32-23-10-8-22(9-11-23)27-24(30)34-29-14-12-26(13-15-29)18-28(25(31)33-26)17-19-6-7-20-4-2-3-5-21(20)16-19/h2-11,16H,12-15,17-18H2,1H3,(H,27,30). The third kappa shape index (κ3) is 4.77. The van der Waals surface area contributed by atoms with E-state index < -0.39 is 11.7 Å². The van der Waals surface area contributed by atoms with Gasteiger partial charge >= 0.3 is 12.2 Å². The number of ether oxygens (including phenoxy) is 2. The van der Waals surface area contributed by atoms with E-state index in [1.165, 1.54) is 5.39 Å². The molecule has 2 heterocycles. The van der Waals surface area contributed by atoms with Gasteiger partial charge in [-0.1, -0.05) is 36.4 Å². The van der Waals surface area contributed by atoms with Gasteiger partial charge in [0.1, 0.15) is 11.4 Å². The van der Waals surface area contributed by atoms with Gasteiger partial charge in [-0.2, -0.15) is 0 Å².